The molecule has 0 fully saturated rings. The minimum absolute atomic E-state index is 0.103. The molecule has 10 nitrogen and oxygen atoms in total. The number of nitrogens with one attached hydrogen (secondary N) is 1. The van der Waals surface area contributed by atoms with Crippen LogP contribution in [-0.4, -0.2) is 79.3 Å². The second-order valence-electron chi connectivity index (χ2n) is 9.10. The van der Waals surface area contributed by atoms with Crippen molar-refractivity contribution in [3.63, 3.8) is 0 Å². The van der Waals surface area contributed by atoms with Gasteiger partial charge < -0.3 is 30.0 Å². The summed E-state index contributed by atoms with van der Waals surface area (Å²) in [7, 11) is 6.97. The van der Waals surface area contributed by atoms with Crippen molar-refractivity contribution in [1.29, 1.82) is 0 Å². The summed E-state index contributed by atoms with van der Waals surface area (Å²) in [6, 6.07) is 5.13. The fourth-order valence-electron chi connectivity index (χ4n) is 3.27. The van der Waals surface area contributed by atoms with Crippen LogP contribution in [0.1, 0.15) is 71.1 Å². The van der Waals surface area contributed by atoms with Gasteiger partial charge in [0.05, 0.1) is 23.9 Å². The topological polar surface area (TPSA) is 142 Å². The maximum absolute atomic E-state index is 13.5. The molecule has 1 amide bonds. The summed E-state index contributed by atoms with van der Waals surface area (Å²) in [6.45, 7) is 11.4. The molecule has 1 aromatic heterocycles. The van der Waals surface area contributed by atoms with E-state index in [1.54, 1.807) is 26.4 Å². The Hall–Kier alpha value is -3.70. The third-order valence-electron chi connectivity index (χ3n) is 5.15. The summed E-state index contributed by atoms with van der Waals surface area (Å²) < 4.78 is 17.8. The van der Waals surface area contributed by atoms with Crippen LogP contribution in [0.3, 0.4) is 0 Å². The standard InChI is InChI=1S/C25H33FN4O4.C2H6O.C2H6.CH2O/c1-15(2)22-20(9-7-6-8-19(31)14-21(32)27-16(3)24(33)34)23(29-25(28-22)30(4)5)17-10-12-18(26)13-11-17;1-3-2;2*1-2/h7,9-13,15-16,19,31H,6,8,14H2,1-5H3,(H,27,32)(H,33,34);1-2H3;1-2H3;1H2/b9-7+;;;. The van der Waals surface area contributed by atoms with E-state index in [4.69, 9.17) is 19.9 Å². The van der Waals surface area contributed by atoms with Gasteiger partial charge in [0.2, 0.25) is 11.9 Å². The molecule has 0 saturated heterocycles. The average molecular weight is 579 g/mol. The highest BCUT2D eigenvalue weighted by atomic mass is 19.1. The minimum Gasteiger partial charge on any atom is -0.480 e. The molecular weight excluding hydrogens is 531 g/mol. The number of carbonyl (C=O) groups is 3. The van der Waals surface area contributed by atoms with Crippen LogP contribution in [0, 0.1) is 5.82 Å². The van der Waals surface area contributed by atoms with Crippen molar-refractivity contribution in [3.8, 4) is 11.3 Å². The number of anilines is 1. The molecule has 0 aliphatic heterocycles. The number of carbonyl (C=O) groups excluding carboxylic acids is 2. The van der Waals surface area contributed by atoms with E-state index in [1.165, 1.54) is 19.1 Å². The average Bonchev–Trinajstić information content (AvgIpc) is 2.93. The van der Waals surface area contributed by atoms with Crippen molar-refractivity contribution in [2.75, 3.05) is 33.2 Å². The molecule has 3 N–H and O–H groups in total. The van der Waals surface area contributed by atoms with E-state index >= 15 is 0 Å². The van der Waals surface area contributed by atoms with Gasteiger partial charge in [-0.1, -0.05) is 39.8 Å². The number of aliphatic hydroxyl groups is 1. The first-order valence-electron chi connectivity index (χ1n) is 13.3. The quantitative estimate of drug-likeness (QED) is 0.346. The fraction of sp³-hybridized carbons (Fsp3) is 0.500. The Bertz CT molecular complexity index is 1060. The number of carboxylic acids is 1. The lowest BCUT2D eigenvalue weighted by Gasteiger charge is -2.19. The zero-order chi connectivity index (χ0) is 32.1. The number of allylic oxidation sites excluding steroid dienone is 1. The molecule has 0 bridgehead atoms. The van der Waals surface area contributed by atoms with Crippen molar-refractivity contribution in [3.05, 3.63) is 47.4 Å². The molecule has 0 spiro atoms. The molecule has 11 heteroatoms. The van der Waals surface area contributed by atoms with Gasteiger partial charge in [0.1, 0.15) is 18.6 Å². The van der Waals surface area contributed by atoms with Gasteiger partial charge >= 0.3 is 5.97 Å². The summed E-state index contributed by atoms with van der Waals surface area (Å²) in [5.41, 5.74) is 3.10. The molecule has 2 unspecified atom stereocenters. The van der Waals surface area contributed by atoms with Gasteiger partial charge in [-0.15, -0.1) is 0 Å². The molecule has 41 heavy (non-hydrogen) atoms. The second-order valence-corrected chi connectivity index (χ2v) is 9.10. The van der Waals surface area contributed by atoms with Crippen LogP contribution in [0.5, 0.6) is 0 Å². The van der Waals surface area contributed by atoms with E-state index in [2.05, 4.69) is 10.1 Å². The summed E-state index contributed by atoms with van der Waals surface area (Å²) in [5, 5.41) is 21.3. The van der Waals surface area contributed by atoms with Crippen molar-refractivity contribution >= 4 is 30.7 Å². The monoisotopic (exact) mass is 578 g/mol. The molecule has 1 aromatic carbocycles. The van der Waals surface area contributed by atoms with E-state index in [9.17, 15) is 19.1 Å². The van der Waals surface area contributed by atoms with E-state index in [0.29, 0.717) is 24.5 Å². The molecule has 0 saturated carbocycles. The van der Waals surface area contributed by atoms with Crippen molar-refractivity contribution in [2.45, 2.75) is 71.9 Å². The maximum atomic E-state index is 13.5. The first-order valence-corrected chi connectivity index (χ1v) is 13.3. The van der Waals surface area contributed by atoms with E-state index in [-0.39, 0.29) is 18.2 Å². The van der Waals surface area contributed by atoms with Gasteiger partial charge in [0.15, 0.2) is 0 Å². The number of aliphatic carboxylic acids is 1. The van der Waals surface area contributed by atoms with E-state index in [1.807, 2.05) is 65.6 Å². The Kier molecular flexibility index (Phi) is 21.2. The van der Waals surface area contributed by atoms with Crippen molar-refractivity contribution < 1.29 is 33.7 Å². The molecule has 2 aromatic rings. The van der Waals surface area contributed by atoms with E-state index < -0.39 is 24.0 Å². The van der Waals surface area contributed by atoms with Gasteiger partial charge in [-0.3, -0.25) is 9.59 Å². The molecule has 0 aliphatic carbocycles. The van der Waals surface area contributed by atoms with Gasteiger partial charge in [0, 0.05) is 39.4 Å². The molecule has 2 rings (SSSR count). The van der Waals surface area contributed by atoms with Crippen molar-refractivity contribution in [2.24, 2.45) is 0 Å². The highest BCUT2D eigenvalue weighted by Crippen LogP contribution is 2.31. The molecule has 0 aliphatic rings. The van der Waals surface area contributed by atoms with Gasteiger partial charge in [-0.05, 0) is 49.9 Å². The number of aromatic nitrogens is 2. The van der Waals surface area contributed by atoms with Crippen LogP contribution < -0.4 is 10.2 Å². The third-order valence-corrected chi connectivity index (χ3v) is 5.15. The van der Waals surface area contributed by atoms with Gasteiger partial charge in [-0.2, -0.15) is 0 Å². The Morgan fingerprint density at radius 2 is 1.63 bits per heavy atom. The lowest BCUT2D eigenvalue weighted by molar-refractivity contribution is -0.141. The Balaban J connectivity index is 0. The largest absolute Gasteiger partial charge is 0.480 e. The van der Waals surface area contributed by atoms with Crippen LogP contribution in [0.4, 0.5) is 10.3 Å². The van der Waals surface area contributed by atoms with Crippen LogP contribution >= 0.6 is 0 Å². The Morgan fingerprint density at radius 3 is 2.10 bits per heavy atom. The first-order chi connectivity index (χ1) is 19.4. The Morgan fingerprint density at radius 1 is 1.10 bits per heavy atom. The van der Waals surface area contributed by atoms with Crippen LogP contribution in [0.2, 0.25) is 0 Å². The summed E-state index contributed by atoms with van der Waals surface area (Å²) in [5.74, 6) is -1.32. The zero-order valence-corrected chi connectivity index (χ0v) is 25.8. The predicted molar refractivity (Wildman–Crippen MR) is 161 cm³/mol. The number of benzene rings is 1. The van der Waals surface area contributed by atoms with Gasteiger partial charge in [-0.25, -0.2) is 14.4 Å². The fourth-order valence-corrected chi connectivity index (χ4v) is 3.27. The van der Waals surface area contributed by atoms with Gasteiger partial charge in [0.25, 0.3) is 0 Å². The number of rotatable bonds is 11. The normalized spacial score (nSPS) is 11.6. The lowest BCUT2D eigenvalue weighted by Crippen LogP contribution is -2.39. The molecular formula is C30H47FN4O6. The number of methoxy groups -OCH3 is 1. The number of aliphatic hydroxyl groups excluding tert-OH is 1. The van der Waals surface area contributed by atoms with Crippen LogP contribution in [-0.2, 0) is 19.1 Å². The van der Waals surface area contributed by atoms with E-state index in [0.717, 1.165) is 16.8 Å². The number of carboxylic acid groups (broad SMARTS) is 1. The Labute approximate surface area is 243 Å². The van der Waals surface area contributed by atoms with Crippen LogP contribution in [0.25, 0.3) is 17.3 Å². The highest BCUT2D eigenvalue weighted by molar-refractivity contribution is 5.83. The minimum atomic E-state index is -1.13. The molecule has 2 atom stereocenters. The van der Waals surface area contributed by atoms with Crippen LogP contribution in [0.15, 0.2) is 30.3 Å². The molecule has 1 heterocycles. The second kappa shape index (κ2) is 22.0. The smallest absolute Gasteiger partial charge is 0.325 e. The first kappa shape index (κ1) is 39.4. The van der Waals surface area contributed by atoms with Crippen molar-refractivity contribution in [1.82, 2.24) is 15.3 Å². The highest BCUT2D eigenvalue weighted by Gasteiger charge is 2.19. The molecule has 0 radical (unpaired) electrons. The number of hydrogen-bond acceptors (Lipinski definition) is 8. The third kappa shape index (κ3) is 15.0. The lowest BCUT2D eigenvalue weighted by atomic mass is 9.97. The summed E-state index contributed by atoms with van der Waals surface area (Å²) in [4.78, 5) is 41.9. The SMILES string of the molecule is C=O.CC.CC(NC(=O)CC(O)CC/C=C/c1c(-c2ccc(F)cc2)nc(N(C)C)nc1C(C)C)C(=O)O.COC. The summed E-state index contributed by atoms with van der Waals surface area (Å²) >= 11 is 0. The summed E-state index contributed by atoms with van der Waals surface area (Å²) in [6.07, 6.45) is 3.51. The maximum Gasteiger partial charge on any atom is 0.325 e. The number of nitrogens with zero attached hydrogens (tertiary/aromatic N) is 3. The number of hydrogen-bond donors (Lipinski definition) is 3. The number of amides is 1. The zero-order valence-electron chi connectivity index (χ0n) is 25.8. The molecule has 230 valence electrons. The predicted octanol–water partition coefficient (Wildman–Crippen LogP) is 4.71. The number of ether oxygens (including phenoxy) is 1. The number of halogens is 1.